The molecule has 0 heterocycles. The molecule has 1 unspecified atom stereocenters. The van der Waals surface area contributed by atoms with Crippen molar-refractivity contribution in [3.05, 3.63) is 29.8 Å². The summed E-state index contributed by atoms with van der Waals surface area (Å²) in [6, 6.07) is 5.61. The highest BCUT2D eigenvalue weighted by molar-refractivity contribution is 5.81. The lowest BCUT2D eigenvalue weighted by atomic mass is 10.1. The number of rotatable bonds is 8. The first-order valence-corrected chi connectivity index (χ1v) is 8.03. The van der Waals surface area contributed by atoms with Crippen LogP contribution in [-0.4, -0.2) is 44.1 Å². The van der Waals surface area contributed by atoms with Crippen LogP contribution in [0.2, 0.25) is 0 Å². The molecule has 0 spiro atoms. The Labute approximate surface area is 146 Å². The molecule has 8 heteroatoms. The Morgan fingerprint density at radius 2 is 1.52 bits per heavy atom. The second kappa shape index (κ2) is 10.9. The quantitative estimate of drug-likeness (QED) is 0.435. The zero-order valence-electron chi connectivity index (χ0n) is 14.6. The van der Waals surface area contributed by atoms with Crippen molar-refractivity contribution in [3.8, 4) is 5.75 Å². The van der Waals surface area contributed by atoms with Gasteiger partial charge in [0.25, 0.3) is 0 Å². The number of nitrogens with one attached hydrogen (secondary N) is 1. The molecule has 1 rings (SSSR count). The van der Waals surface area contributed by atoms with Crippen LogP contribution in [0.3, 0.4) is 0 Å². The van der Waals surface area contributed by atoms with Gasteiger partial charge >= 0.3 is 18.2 Å². The predicted molar refractivity (Wildman–Crippen MR) is 88.4 cm³/mol. The third kappa shape index (κ3) is 7.56. The number of hydrogen-bond donors (Lipinski definition) is 1. The summed E-state index contributed by atoms with van der Waals surface area (Å²) in [7, 11) is 0. The molecule has 1 N–H and O–H groups in total. The van der Waals surface area contributed by atoms with Crippen molar-refractivity contribution < 1.29 is 33.3 Å². The van der Waals surface area contributed by atoms with Gasteiger partial charge in [0.05, 0.1) is 19.8 Å². The highest BCUT2D eigenvalue weighted by Crippen LogP contribution is 2.14. The minimum absolute atomic E-state index is 0.196. The molecule has 8 nitrogen and oxygen atoms in total. The van der Waals surface area contributed by atoms with Gasteiger partial charge in [-0.3, -0.25) is 0 Å². The number of alkyl carbamates (subject to hydrolysis) is 1. The van der Waals surface area contributed by atoms with Crippen molar-refractivity contribution in [1.82, 2.24) is 5.32 Å². The van der Waals surface area contributed by atoms with E-state index in [9.17, 15) is 14.4 Å². The van der Waals surface area contributed by atoms with Crippen LogP contribution in [0, 0.1) is 0 Å². The van der Waals surface area contributed by atoms with Crippen molar-refractivity contribution in [3.63, 3.8) is 0 Å². The third-order valence-corrected chi connectivity index (χ3v) is 2.97. The molecule has 0 aromatic heterocycles. The molecular weight excluding hydrogens is 330 g/mol. The lowest BCUT2D eigenvalue weighted by Crippen LogP contribution is -2.43. The fourth-order valence-electron chi connectivity index (χ4n) is 1.92. The van der Waals surface area contributed by atoms with E-state index in [1.54, 1.807) is 45.0 Å². The summed E-state index contributed by atoms with van der Waals surface area (Å²) in [6.07, 6.45) is -1.27. The summed E-state index contributed by atoms with van der Waals surface area (Å²) >= 11 is 0. The van der Waals surface area contributed by atoms with Crippen molar-refractivity contribution in [2.45, 2.75) is 33.2 Å². The topological polar surface area (TPSA) is 100 Å². The maximum Gasteiger partial charge on any atom is 0.513 e. The minimum atomic E-state index is -0.879. The predicted octanol–water partition coefficient (Wildman–Crippen LogP) is 2.44. The fourth-order valence-corrected chi connectivity index (χ4v) is 1.92. The summed E-state index contributed by atoms with van der Waals surface area (Å²) in [4.78, 5) is 34.8. The average molecular weight is 353 g/mol. The summed E-state index contributed by atoms with van der Waals surface area (Å²) in [5.41, 5.74) is 0.742. The molecule has 0 saturated heterocycles. The Balaban J connectivity index is 2.73. The number of carbonyl (C=O) groups excluding carboxylic acids is 3. The van der Waals surface area contributed by atoms with Gasteiger partial charge in [0.2, 0.25) is 0 Å². The van der Waals surface area contributed by atoms with E-state index in [-0.39, 0.29) is 26.2 Å². The van der Waals surface area contributed by atoms with Crippen molar-refractivity contribution in [1.29, 1.82) is 0 Å². The summed E-state index contributed by atoms with van der Waals surface area (Å²) in [5, 5.41) is 2.47. The summed E-state index contributed by atoms with van der Waals surface area (Å²) in [5.74, 6) is -0.240. The van der Waals surface area contributed by atoms with Crippen molar-refractivity contribution in [2.75, 3.05) is 19.8 Å². The minimum Gasteiger partial charge on any atom is -0.464 e. The number of amides is 1. The molecule has 138 valence electrons. The van der Waals surface area contributed by atoms with Crippen LogP contribution >= 0.6 is 0 Å². The van der Waals surface area contributed by atoms with E-state index in [1.165, 1.54) is 0 Å². The number of benzene rings is 1. The van der Waals surface area contributed by atoms with E-state index < -0.39 is 24.3 Å². The maximum atomic E-state index is 12.0. The highest BCUT2D eigenvalue weighted by atomic mass is 16.7. The number of hydrogen-bond acceptors (Lipinski definition) is 7. The summed E-state index contributed by atoms with van der Waals surface area (Å²) in [6.45, 7) is 5.64. The third-order valence-electron chi connectivity index (χ3n) is 2.97. The molecule has 0 saturated carbocycles. The van der Waals surface area contributed by atoms with Crippen molar-refractivity contribution >= 4 is 18.2 Å². The SMILES string of the molecule is CCOC(=O)NC(Cc1ccc(OC(=O)OCC)cc1)C(=O)OCC. The van der Waals surface area contributed by atoms with Gasteiger partial charge in [-0.25, -0.2) is 14.4 Å². The van der Waals surface area contributed by atoms with E-state index >= 15 is 0 Å². The van der Waals surface area contributed by atoms with Gasteiger partial charge < -0.3 is 24.3 Å². The Morgan fingerprint density at radius 1 is 0.920 bits per heavy atom. The van der Waals surface area contributed by atoms with Gasteiger partial charge in [0.1, 0.15) is 11.8 Å². The van der Waals surface area contributed by atoms with E-state index in [0.29, 0.717) is 5.75 Å². The van der Waals surface area contributed by atoms with Crippen LogP contribution in [0.15, 0.2) is 24.3 Å². The molecule has 1 amide bonds. The highest BCUT2D eigenvalue weighted by Gasteiger charge is 2.23. The largest absolute Gasteiger partial charge is 0.513 e. The molecule has 0 aliphatic heterocycles. The average Bonchev–Trinajstić information content (AvgIpc) is 2.56. The molecule has 0 fully saturated rings. The molecule has 1 aromatic rings. The van der Waals surface area contributed by atoms with Crippen LogP contribution in [-0.2, 0) is 25.4 Å². The first kappa shape index (κ1) is 20.3. The molecule has 0 bridgehead atoms. The van der Waals surface area contributed by atoms with E-state index in [1.807, 2.05) is 0 Å². The zero-order valence-corrected chi connectivity index (χ0v) is 14.6. The molecule has 0 aliphatic rings. The molecule has 0 radical (unpaired) electrons. The summed E-state index contributed by atoms with van der Waals surface area (Å²) < 4.78 is 19.4. The Morgan fingerprint density at radius 3 is 2.08 bits per heavy atom. The second-order valence-corrected chi connectivity index (χ2v) is 4.80. The van der Waals surface area contributed by atoms with Gasteiger partial charge in [-0.05, 0) is 38.5 Å². The number of ether oxygens (including phenoxy) is 4. The molecule has 0 aliphatic carbocycles. The standard InChI is InChI=1S/C17H23NO7/c1-4-22-15(19)14(18-16(20)23-5-2)11-12-7-9-13(10-8-12)25-17(21)24-6-3/h7-10,14H,4-6,11H2,1-3H3,(H,18,20). The normalized spacial score (nSPS) is 11.2. The smallest absolute Gasteiger partial charge is 0.464 e. The van der Waals surface area contributed by atoms with Crippen LogP contribution in [0.5, 0.6) is 5.75 Å². The van der Waals surface area contributed by atoms with Gasteiger partial charge in [-0.1, -0.05) is 12.1 Å². The van der Waals surface area contributed by atoms with E-state index in [2.05, 4.69) is 10.1 Å². The van der Waals surface area contributed by atoms with E-state index in [0.717, 1.165) is 5.56 Å². The fraction of sp³-hybridized carbons (Fsp3) is 0.471. The maximum absolute atomic E-state index is 12.0. The second-order valence-electron chi connectivity index (χ2n) is 4.80. The lowest BCUT2D eigenvalue weighted by molar-refractivity contribution is -0.145. The molecular formula is C17H23NO7. The van der Waals surface area contributed by atoms with Crippen LogP contribution in [0.1, 0.15) is 26.3 Å². The van der Waals surface area contributed by atoms with Crippen LogP contribution in [0.4, 0.5) is 9.59 Å². The number of esters is 1. The molecule has 1 atom stereocenters. The molecule has 25 heavy (non-hydrogen) atoms. The van der Waals surface area contributed by atoms with E-state index in [4.69, 9.17) is 14.2 Å². The number of carbonyl (C=O) groups is 3. The van der Waals surface area contributed by atoms with Gasteiger partial charge in [-0.15, -0.1) is 0 Å². The molecule has 1 aromatic carbocycles. The lowest BCUT2D eigenvalue weighted by Gasteiger charge is -2.17. The van der Waals surface area contributed by atoms with Crippen LogP contribution in [0.25, 0.3) is 0 Å². The van der Waals surface area contributed by atoms with Gasteiger partial charge in [0.15, 0.2) is 0 Å². The van der Waals surface area contributed by atoms with Crippen LogP contribution < -0.4 is 10.1 Å². The Bertz CT molecular complexity index is 571. The van der Waals surface area contributed by atoms with Gasteiger partial charge in [-0.2, -0.15) is 0 Å². The zero-order chi connectivity index (χ0) is 18.7. The Hall–Kier alpha value is -2.77. The van der Waals surface area contributed by atoms with Gasteiger partial charge in [0, 0.05) is 6.42 Å². The first-order chi connectivity index (χ1) is 12.0. The monoisotopic (exact) mass is 353 g/mol. The first-order valence-electron chi connectivity index (χ1n) is 8.03. The Kier molecular flexibility index (Phi) is 8.84. The van der Waals surface area contributed by atoms with Crippen molar-refractivity contribution in [2.24, 2.45) is 0 Å².